The Morgan fingerprint density at radius 1 is 1.29 bits per heavy atom. The minimum atomic E-state index is 0.287. The number of hydrogen-bond donors (Lipinski definition) is 1. The van der Waals surface area contributed by atoms with E-state index in [1.165, 1.54) is 0 Å². The normalized spacial score (nSPS) is 26.5. The molecule has 21 heavy (non-hydrogen) atoms. The first-order valence-corrected chi connectivity index (χ1v) is 8.02. The highest BCUT2D eigenvalue weighted by molar-refractivity contribution is 5.20. The topological polar surface area (TPSA) is 43.6 Å². The summed E-state index contributed by atoms with van der Waals surface area (Å²) in [5.74, 6) is 1.94. The van der Waals surface area contributed by atoms with E-state index in [4.69, 9.17) is 13.9 Å². The van der Waals surface area contributed by atoms with E-state index >= 15 is 0 Å². The Hall–Kier alpha value is -0.840. The van der Waals surface area contributed by atoms with Crippen LogP contribution < -0.4 is 5.32 Å². The molecule has 2 rings (SSSR count). The van der Waals surface area contributed by atoms with Crippen molar-refractivity contribution < 1.29 is 13.9 Å². The minimum absolute atomic E-state index is 0.287. The van der Waals surface area contributed by atoms with Gasteiger partial charge >= 0.3 is 0 Å². The monoisotopic (exact) mass is 295 g/mol. The molecule has 0 bridgehead atoms. The summed E-state index contributed by atoms with van der Waals surface area (Å²) in [6, 6.07) is 2.57. The molecule has 0 saturated carbocycles. The number of nitrogens with one attached hydrogen (secondary N) is 1. The van der Waals surface area contributed by atoms with Crippen LogP contribution in [-0.4, -0.2) is 24.4 Å². The van der Waals surface area contributed by atoms with Crippen molar-refractivity contribution in [1.29, 1.82) is 0 Å². The van der Waals surface area contributed by atoms with Gasteiger partial charge < -0.3 is 19.2 Å². The first-order chi connectivity index (χ1) is 9.94. The summed E-state index contributed by atoms with van der Waals surface area (Å²) in [6.45, 7) is 11.9. The van der Waals surface area contributed by atoms with Crippen LogP contribution in [0, 0.1) is 6.92 Å². The molecule has 2 unspecified atom stereocenters. The van der Waals surface area contributed by atoms with E-state index in [9.17, 15) is 0 Å². The van der Waals surface area contributed by atoms with Crippen molar-refractivity contribution in [1.82, 2.24) is 5.32 Å². The predicted molar refractivity (Wildman–Crippen MR) is 83.2 cm³/mol. The van der Waals surface area contributed by atoms with Gasteiger partial charge in [-0.3, -0.25) is 0 Å². The van der Waals surface area contributed by atoms with Gasteiger partial charge in [0.2, 0.25) is 0 Å². The Labute approximate surface area is 128 Å². The molecule has 0 aromatic carbocycles. The molecule has 1 aliphatic rings. The van der Waals surface area contributed by atoms with Crippen LogP contribution in [0.5, 0.6) is 0 Å². The fourth-order valence-electron chi connectivity index (χ4n) is 2.81. The van der Waals surface area contributed by atoms with Crippen molar-refractivity contribution in [3.8, 4) is 0 Å². The Bertz CT molecular complexity index is 431. The van der Waals surface area contributed by atoms with Crippen molar-refractivity contribution in [2.45, 2.75) is 85.0 Å². The van der Waals surface area contributed by atoms with E-state index in [1.54, 1.807) is 0 Å². The van der Waals surface area contributed by atoms with Gasteiger partial charge in [-0.1, -0.05) is 13.8 Å². The van der Waals surface area contributed by atoms with Gasteiger partial charge in [-0.05, 0) is 39.7 Å². The Morgan fingerprint density at radius 2 is 1.95 bits per heavy atom. The summed E-state index contributed by atoms with van der Waals surface area (Å²) in [7, 11) is 0. The van der Waals surface area contributed by atoms with Crippen molar-refractivity contribution in [2.24, 2.45) is 0 Å². The maximum atomic E-state index is 6.07. The number of furan rings is 1. The van der Waals surface area contributed by atoms with Crippen LogP contribution >= 0.6 is 0 Å². The summed E-state index contributed by atoms with van der Waals surface area (Å²) in [5.41, 5.74) is 1.15. The second kappa shape index (κ2) is 7.43. The lowest BCUT2D eigenvalue weighted by atomic mass is 10.0. The van der Waals surface area contributed by atoms with Crippen molar-refractivity contribution in [3.05, 3.63) is 23.2 Å². The highest BCUT2D eigenvalue weighted by atomic mass is 16.5. The standard InChI is InChI=1S/C17H29NO3/c1-11(2)18-9-17-8-15(14(5)21-17)10-19-16-6-12(3)20-13(4)7-16/h8,11-13,16,18H,6-7,9-10H2,1-5H3. The lowest BCUT2D eigenvalue weighted by Gasteiger charge is -2.31. The van der Waals surface area contributed by atoms with Gasteiger partial charge in [0.25, 0.3) is 0 Å². The SMILES string of the molecule is Cc1oc(CNC(C)C)cc1COC1CC(C)OC(C)C1. The maximum absolute atomic E-state index is 6.07. The van der Waals surface area contributed by atoms with Crippen LogP contribution in [0.2, 0.25) is 0 Å². The summed E-state index contributed by atoms with van der Waals surface area (Å²) < 4.78 is 17.6. The number of aryl methyl sites for hydroxylation is 1. The second-order valence-corrected chi connectivity index (χ2v) is 6.49. The van der Waals surface area contributed by atoms with Crippen molar-refractivity contribution >= 4 is 0 Å². The molecular formula is C17H29NO3. The Morgan fingerprint density at radius 3 is 2.57 bits per heavy atom. The van der Waals surface area contributed by atoms with Crippen LogP contribution in [0.4, 0.5) is 0 Å². The molecular weight excluding hydrogens is 266 g/mol. The van der Waals surface area contributed by atoms with Crippen LogP contribution in [0.15, 0.2) is 10.5 Å². The van der Waals surface area contributed by atoms with E-state index < -0.39 is 0 Å². The molecule has 1 aliphatic heterocycles. The van der Waals surface area contributed by atoms with Crippen LogP contribution in [0.3, 0.4) is 0 Å². The highest BCUT2D eigenvalue weighted by Gasteiger charge is 2.25. The van der Waals surface area contributed by atoms with Gasteiger partial charge in [-0.25, -0.2) is 0 Å². The number of hydrogen-bond acceptors (Lipinski definition) is 4. The second-order valence-electron chi connectivity index (χ2n) is 6.49. The molecule has 4 nitrogen and oxygen atoms in total. The third-order valence-electron chi connectivity index (χ3n) is 3.88. The van der Waals surface area contributed by atoms with E-state index in [1.807, 2.05) is 6.92 Å². The van der Waals surface area contributed by atoms with E-state index in [0.29, 0.717) is 12.6 Å². The smallest absolute Gasteiger partial charge is 0.118 e. The minimum Gasteiger partial charge on any atom is -0.465 e. The predicted octanol–water partition coefficient (Wildman–Crippen LogP) is 3.56. The fourth-order valence-corrected chi connectivity index (χ4v) is 2.81. The van der Waals surface area contributed by atoms with Crippen LogP contribution in [-0.2, 0) is 22.6 Å². The molecule has 0 radical (unpaired) electrons. The molecule has 1 aromatic heterocycles. The molecule has 0 amide bonds. The lowest BCUT2D eigenvalue weighted by molar-refractivity contribution is -0.106. The molecule has 1 saturated heterocycles. The quantitative estimate of drug-likeness (QED) is 0.871. The fraction of sp³-hybridized carbons (Fsp3) is 0.765. The number of ether oxygens (including phenoxy) is 2. The molecule has 1 aromatic rings. The van der Waals surface area contributed by atoms with Gasteiger partial charge in [0.05, 0.1) is 31.5 Å². The van der Waals surface area contributed by atoms with Gasteiger partial charge in [-0.15, -0.1) is 0 Å². The van der Waals surface area contributed by atoms with E-state index in [-0.39, 0.29) is 18.3 Å². The first-order valence-electron chi connectivity index (χ1n) is 8.02. The first kappa shape index (κ1) is 16.5. The summed E-state index contributed by atoms with van der Waals surface area (Å²) in [4.78, 5) is 0. The molecule has 1 N–H and O–H groups in total. The summed E-state index contributed by atoms with van der Waals surface area (Å²) >= 11 is 0. The zero-order valence-electron chi connectivity index (χ0n) is 13.9. The molecule has 120 valence electrons. The lowest BCUT2D eigenvalue weighted by Crippen LogP contribution is -2.34. The number of rotatable bonds is 6. The third-order valence-corrected chi connectivity index (χ3v) is 3.88. The van der Waals surface area contributed by atoms with Crippen LogP contribution in [0.1, 0.15) is 57.6 Å². The average Bonchev–Trinajstić information content (AvgIpc) is 2.73. The van der Waals surface area contributed by atoms with Crippen molar-refractivity contribution in [2.75, 3.05) is 0 Å². The zero-order valence-corrected chi connectivity index (χ0v) is 13.9. The van der Waals surface area contributed by atoms with Gasteiger partial charge in [0.15, 0.2) is 0 Å². The molecule has 4 heteroatoms. The molecule has 2 atom stereocenters. The molecule has 1 fully saturated rings. The highest BCUT2D eigenvalue weighted by Crippen LogP contribution is 2.24. The summed E-state index contributed by atoms with van der Waals surface area (Å²) in [6.07, 6.45) is 2.81. The Balaban J connectivity index is 1.85. The third kappa shape index (κ3) is 5.13. The summed E-state index contributed by atoms with van der Waals surface area (Å²) in [5, 5.41) is 3.37. The van der Waals surface area contributed by atoms with E-state index in [2.05, 4.69) is 39.1 Å². The molecule has 0 spiro atoms. The molecule has 0 aliphatic carbocycles. The largest absolute Gasteiger partial charge is 0.465 e. The van der Waals surface area contributed by atoms with Gasteiger partial charge in [-0.2, -0.15) is 0 Å². The molecule has 2 heterocycles. The average molecular weight is 295 g/mol. The Kier molecular flexibility index (Phi) is 5.85. The van der Waals surface area contributed by atoms with Gasteiger partial charge in [0, 0.05) is 11.6 Å². The maximum Gasteiger partial charge on any atom is 0.118 e. The van der Waals surface area contributed by atoms with E-state index in [0.717, 1.165) is 36.5 Å². The van der Waals surface area contributed by atoms with Crippen molar-refractivity contribution in [3.63, 3.8) is 0 Å². The van der Waals surface area contributed by atoms with Gasteiger partial charge in [0.1, 0.15) is 11.5 Å². The van der Waals surface area contributed by atoms with Crippen LogP contribution in [0.25, 0.3) is 0 Å². The zero-order chi connectivity index (χ0) is 15.4.